The second kappa shape index (κ2) is 5.72. The predicted octanol–water partition coefficient (Wildman–Crippen LogP) is 2.91. The van der Waals surface area contributed by atoms with E-state index in [4.69, 9.17) is 9.47 Å². The molecule has 0 aliphatic carbocycles. The summed E-state index contributed by atoms with van der Waals surface area (Å²) in [7, 11) is 0. The van der Waals surface area contributed by atoms with Crippen LogP contribution in [0.4, 0.5) is 0 Å². The number of nitrogens with one attached hydrogen (secondary N) is 1. The first-order valence-electron chi connectivity index (χ1n) is 6.71. The highest BCUT2D eigenvalue weighted by Crippen LogP contribution is 2.31. The van der Waals surface area contributed by atoms with Crippen molar-refractivity contribution in [3.63, 3.8) is 0 Å². The van der Waals surface area contributed by atoms with Crippen molar-refractivity contribution in [1.82, 2.24) is 5.32 Å². The molecule has 0 fully saturated rings. The highest BCUT2D eigenvalue weighted by Gasteiger charge is 2.24. The van der Waals surface area contributed by atoms with Gasteiger partial charge in [-0.15, -0.1) is 0 Å². The van der Waals surface area contributed by atoms with Gasteiger partial charge in [0, 0.05) is 31.2 Å². The molecular formula is C15H23NO2. The molecule has 1 N–H and O–H groups in total. The Morgan fingerprint density at radius 1 is 1.39 bits per heavy atom. The van der Waals surface area contributed by atoms with Gasteiger partial charge in [-0.25, -0.2) is 0 Å². The molecule has 0 bridgehead atoms. The van der Waals surface area contributed by atoms with Crippen LogP contribution in [0.3, 0.4) is 0 Å². The van der Waals surface area contributed by atoms with Crippen molar-refractivity contribution in [2.75, 3.05) is 19.8 Å². The van der Waals surface area contributed by atoms with E-state index in [2.05, 4.69) is 31.3 Å². The third-order valence-electron chi connectivity index (χ3n) is 3.27. The molecule has 18 heavy (non-hydrogen) atoms. The van der Waals surface area contributed by atoms with Gasteiger partial charge in [-0.2, -0.15) is 0 Å². The van der Waals surface area contributed by atoms with E-state index in [1.165, 1.54) is 5.56 Å². The summed E-state index contributed by atoms with van der Waals surface area (Å²) in [6, 6.07) is 8.63. The van der Waals surface area contributed by atoms with Crippen LogP contribution in [0.2, 0.25) is 0 Å². The molecule has 1 aliphatic heterocycles. The lowest BCUT2D eigenvalue weighted by molar-refractivity contribution is -0.0114. The average Bonchev–Trinajstić information content (AvgIpc) is 2.36. The Morgan fingerprint density at radius 3 is 2.94 bits per heavy atom. The number of ether oxygens (including phenoxy) is 2. The minimum atomic E-state index is -0.123. The van der Waals surface area contributed by atoms with Gasteiger partial charge in [0.05, 0.1) is 12.2 Å². The van der Waals surface area contributed by atoms with Crippen LogP contribution in [0.15, 0.2) is 24.3 Å². The maximum Gasteiger partial charge on any atom is 0.124 e. The number of rotatable bonds is 5. The summed E-state index contributed by atoms with van der Waals surface area (Å²) in [5, 5.41) is 3.60. The largest absolute Gasteiger partial charge is 0.493 e. The van der Waals surface area contributed by atoms with E-state index in [1.807, 2.05) is 19.1 Å². The molecule has 3 nitrogen and oxygen atoms in total. The second-order valence-electron chi connectivity index (χ2n) is 5.30. The smallest absolute Gasteiger partial charge is 0.124 e. The van der Waals surface area contributed by atoms with E-state index >= 15 is 0 Å². The van der Waals surface area contributed by atoms with Crippen molar-refractivity contribution >= 4 is 0 Å². The molecule has 0 saturated carbocycles. The Kier molecular flexibility index (Phi) is 4.25. The number of benzene rings is 1. The summed E-state index contributed by atoms with van der Waals surface area (Å²) in [5.41, 5.74) is 1.14. The van der Waals surface area contributed by atoms with Gasteiger partial charge in [-0.1, -0.05) is 18.2 Å². The van der Waals surface area contributed by atoms with Gasteiger partial charge >= 0.3 is 0 Å². The molecule has 2 rings (SSSR count). The zero-order valence-corrected chi connectivity index (χ0v) is 11.5. The fourth-order valence-corrected chi connectivity index (χ4v) is 2.36. The SMILES string of the molecule is CCOC(C)(C)CNC1CCOc2ccccc21. The van der Waals surface area contributed by atoms with Crippen LogP contribution >= 0.6 is 0 Å². The van der Waals surface area contributed by atoms with E-state index in [9.17, 15) is 0 Å². The lowest BCUT2D eigenvalue weighted by atomic mass is 9.99. The normalized spacial score (nSPS) is 19.2. The Balaban J connectivity index is 1.99. The fraction of sp³-hybridized carbons (Fsp3) is 0.600. The number of fused-ring (bicyclic) bond motifs is 1. The van der Waals surface area contributed by atoms with E-state index < -0.39 is 0 Å². The lowest BCUT2D eigenvalue weighted by Gasteiger charge is -2.31. The summed E-state index contributed by atoms with van der Waals surface area (Å²) in [6.07, 6.45) is 1.01. The minimum Gasteiger partial charge on any atom is -0.493 e. The Morgan fingerprint density at radius 2 is 2.17 bits per heavy atom. The molecule has 1 atom stereocenters. The maximum atomic E-state index is 5.71. The summed E-state index contributed by atoms with van der Waals surface area (Å²) < 4.78 is 11.4. The molecule has 0 saturated heterocycles. The molecule has 3 heteroatoms. The van der Waals surface area contributed by atoms with Crippen LogP contribution in [-0.2, 0) is 4.74 Å². The minimum absolute atomic E-state index is 0.123. The Labute approximate surface area is 109 Å². The molecular weight excluding hydrogens is 226 g/mol. The van der Waals surface area contributed by atoms with Crippen LogP contribution in [0, 0.1) is 0 Å². The summed E-state index contributed by atoms with van der Waals surface area (Å²) in [6.45, 7) is 8.65. The lowest BCUT2D eigenvalue weighted by Crippen LogP contribution is -2.40. The van der Waals surface area contributed by atoms with Crippen molar-refractivity contribution in [2.45, 2.75) is 38.8 Å². The van der Waals surface area contributed by atoms with E-state index in [1.54, 1.807) is 0 Å². The molecule has 1 unspecified atom stereocenters. The molecule has 0 spiro atoms. The Bertz CT molecular complexity index is 390. The first kappa shape index (κ1) is 13.4. The zero-order valence-electron chi connectivity index (χ0n) is 11.5. The summed E-state index contributed by atoms with van der Waals surface area (Å²) >= 11 is 0. The van der Waals surface area contributed by atoms with Gasteiger partial charge in [0.25, 0.3) is 0 Å². The summed E-state index contributed by atoms with van der Waals surface area (Å²) in [5.74, 6) is 1.01. The topological polar surface area (TPSA) is 30.5 Å². The molecule has 0 amide bonds. The third kappa shape index (κ3) is 3.24. The first-order valence-corrected chi connectivity index (χ1v) is 6.71. The van der Waals surface area contributed by atoms with Gasteiger partial charge in [0.1, 0.15) is 5.75 Å². The van der Waals surface area contributed by atoms with Crippen molar-refractivity contribution in [1.29, 1.82) is 0 Å². The van der Waals surface area contributed by atoms with E-state index in [0.717, 1.165) is 31.9 Å². The molecule has 1 aliphatic rings. The third-order valence-corrected chi connectivity index (χ3v) is 3.27. The molecule has 0 aromatic heterocycles. The number of para-hydroxylation sites is 1. The number of hydrogen-bond acceptors (Lipinski definition) is 3. The maximum absolute atomic E-state index is 5.71. The fourth-order valence-electron chi connectivity index (χ4n) is 2.36. The van der Waals surface area contributed by atoms with Crippen LogP contribution in [0.5, 0.6) is 5.75 Å². The average molecular weight is 249 g/mol. The van der Waals surface area contributed by atoms with Gasteiger partial charge in [-0.05, 0) is 26.8 Å². The van der Waals surface area contributed by atoms with Gasteiger partial charge in [0.15, 0.2) is 0 Å². The van der Waals surface area contributed by atoms with E-state index in [0.29, 0.717) is 6.04 Å². The standard InChI is InChI=1S/C15H23NO2/c1-4-18-15(2,3)11-16-13-9-10-17-14-8-6-5-7-12(13)14/h5-8,13,16H,4,9-11H2,1-3H3. The van der Waals surface area contributed by atoms with Gasteiger partial charge in [0.2, 0.25) is 0 Å². The Hall–Kier alpha value is -1.06. The number of hydrogen-bond donors (Lipinski definition) is 1. The van der Waals surface area contributed by atoms with Crippen LogP contribution in [0.25, 0.3) is 0 Å². The first-order chi connectivity index (χ1) is 8.62. The quantitative estimate of drug-likeness (QED) is 0.870. The molecule has 0 radical (unpaired) electrons. The molecule has 1 heterocycles. The molecule has 1 aromatic carbocycles. The van der Waals surface area contributed by atoms with Crippen molar-refractivity contribution < 1.29 is 9.47 Å². The predicted molar refractivity (Wildman–Crippen MR) is 73.0 cm³/mol. The van der Waals surface area contributed by atoms with Gasteiger partial charge in [-0.3, -0.25) is 0 Å². The van der Waals surface area contributed by atoms with Crippen LogP contribution in [0.1, 0.15) is 38.8 Å². The molecule has 1 aromatic rings. The highest BCUT2D eigenvalue weighted by atomic mass is 16.5. The van der Waals surface area contributed by atoms with Crippen LogP contribution in [-0.4, -0.2) is 25.4 Å². The van der Waals surface area contributed by atoms with Crippen molar-refractivity contribution in [3.8, 4) is 5.75 Å². The summed E-state index contributed by atoms with van der Waals surface area (Å²) in [4.78, 5) is 0. The van der Waals surface area contributed by atoms with Crippen molar-refractivity contribution in [3.05, 3.63) is 29.8 Å². The highest BCUT2D eigenvalue weighted by molar-refractivity contribution is 5.37. The van der Waals surface area contributed by atoms with Crippen LogP contribution < -0.4 is 10.1 Å². The molecule has 100 valence electrons. The van der Waals surface area contributed by atoms with Crippen molar-refractivity contribution in [2.24, 2.45) is 0 Å². The van der Waals surface area contributed by atoms with E-state index in [-0.39, 0.29) is 5.60 Å². The zero-order chi connectivity index (χ0) is 13.0. The monoisotopic (exact) mass is 249 g/mol. The van der Waals surface area contributed by atoms with Gasteiger partial charge < -0.3 is 14.8 Å². The second-order valence-corrected chi connectivity index (χ2v) is 5.30.